The molecule has 0 amide bonds. The smallest absolute Gasteiger partial charge is 0.343 e. The van der Waals surface area contributed by atoms with Gasteiger partial charge in [0.25, 0.3) is 0 Å². The number of aliphatic hydroxyl groups excluding tert-OH is 1. The minimum absolute atomic E-state index is 0.158. The molecule has 0 radical (unpaired) electrons. The summed E-state index contributed by atoms with van der Waals surface area (Å²) in [6, 6.07) is 19.9. The highest BCUT2D eigenvalue weighted by Gasteiger charge is 2.12. The van der Waals surface area contributed by atoms with Crippen molar-refractivity contribution in [2.75, 3.05) is 13.2 Å². The Kier molecular flexibility index (Phi) is 17.9. The SMILES string of the molecule is CCCCCCCCCCOc1ccc(OC(=O)c2ccc(-c3ccc(CC)cc3)cc2)cc1F.CCCCCCO. The Bertz CT molecular complexity index is 1120. The van der Waals surface area contributed by atoms with E-state index >= 15 is 0 Å². The molecule has 0 spiro atoms. The lowest BCUT2D eigenvalue weighted by Crippen LogP contribution is -2.08. The van der Waals surface area contributed by atoms with E-state index < -0.39 is 11.8 Å². The van der Waals surface area contributed by atoms with Crippen LogP contribution in [0.3, 0.4) is 0 Å². The molecule has 0 aliphatic heterocycles. The molecule has 4 nitrogen and oxygen atoms in total. The first-order valence-electron chi connectivity index (χ1n) is 16.0. The van der Waals surface area contributed by atoms with Crippen LogP contribution < -0.4 is 9.47 Å². The van der Waals surface area contributed by atoms with E-state index in [4.69, 9.17) is 14.6 Å². The highest BCUT2D eigenvalue weighted by Crippen LogP contribution is 2.25. The predicted octanol–water partition coefficient (Wildman–Crippen LogP) is 10.4. The van der Waals surface area contributed by atoms with Crippen molar-refractivity contribution >= 4 is 5.97 Å². The number of halogens is 1. The van der Waals surface area contributed by atoms with E-state index in [0.29, 0.717) is 18.8 Å². The van der Waals surface area contributed by atoms with Gasteiger partial charge in [-0.15, -0.1) is 0 Å². The molecule has 0 saturated heterocycles. The normalized spacial score (nSPS) is 10.6. The highest BCUT2D eigenvalue weighted by atomic mass is 19.1. The minimum Gasteiger partial charge on any atom is -0.491 e. The first-order valence-corrected chi connectivity index (χ1v) is 16.0. The van der Waals surface area contributed by atoms with Gasteiger partial charge in [0, 0.05) is 12.7 Å². The topological polar surface area (TPSA) is 55.8 Å². The number of aliphatic hydroxyl groups is 1. The molecular formula is C37H51FO4. The van der Waals surface area contributed by atoms with Crippen LogP contribution in [-0.2, 0) is 6.42 Å². The Morgan fingerprint density at radius 3 is 1.79 bits per heavy atom. The van der Waals surface area contributed by atoms with Crippen molar-refractivity contribution in [1.29, 1.82) is 0 Å². The number of hydrogen-bond acceptors (Lipinski definition) is 4. The third kappa shape index (κ3) is 13.7. The molecule has 0 aliphatic rings. The van der Waals surface area contributed by atoms with Crippen LogP contribution >= 0.6 is 0 Å². The van der Waals surface area contributed by atoms with Crippen LogP contribution in [0.1, 0.15) is 114 Å². The third-order valence-electron chi connectivity index (χ3n) is 7.20. The zero-order valence-corrected chi connectivity index (χ0v) is 26.0. The van der Waals surface area contributed by atoms with Crippen LogP contribution in [0.25, 0.3) is 11.1 Å². The summed E-state index contributed by atoms with van der Waals surface area (Å²) in [7, 11) is 0. The fourth-order valence-corrected chi connectivity index (χ4v) is 4.52. The van der Waals surface area contributed by atoms with Crippen molar-refractivity contribution in [1.82, 2.24) is 0 Å². The number of unbranched alkanes of at least 4 members (excludes halogenated alkanes) is 10. The van der Waals surface area contributed by atoms with Gasteiger partial charge in [0.15, 0.2) is 11.6 Å². The van der Waals surface area contributed by atoms with E-state index in [1.54, 1.807) is 18.2 Å². The predicted molar refractivity (Wildman–Crippen MR) is 172 cm³/mol. The largest absolute Gasteiger partial charge is 0.491 e. The first-order chi connectivity index (χ1) is 20.5. The van der Waals surface area contributed by atoms with Gasteiger partial charge in [-0.05, 0) is 60.2 Å². The van der Waals surface area contributed by atoms with Crippen LogP contribution in [-0.4, -0.2) is 24.3 Å². The van der Waals surface area contributed by atoms with Crippen LogP contribution in [0.15, 0.2) is 66.7 Å². The highest BCUT2D eigenvalue weighted by molar-refractivity contribution is 5.91. The van der Waals surface area contributed by atoms with Crippen molar-refractivity contribution in [2.45, 2.75) is 104 Å². The molecule has 0 heterocycles. The van der Waals surface area contributed by atoms with E-state index in [-0.39, 0.29) is 11.5 Å². The van der Waals surface area contributed by atoms with Gasteiger partial charge in [-0.25, -0.2) is 9.18 Å². The van der Waals surface area contributed by atoms with E-state index in [9.17, 15) is 9.18 Å². The second-order valence-electron chi connectivity index (χ2n) is 10.7. The lowest BCUT2D eigenvalue weighted by atomic mass is 10.0. The fourth-order valence-electron chi connectivity index (χ4n) is 4.52. The maximum absolute atomic E-state index is 14.4. The second kappa shape index (κ2) is 21.5. The number of carbonyl (C=O) groups excluding carboxylic acids is 1. The van der Waals surface area contributed by atoms with Crippen LogP contribution in [0.4, 0.5) is 4.39 Å². The number of rotatable bonds is 18. The van der Waals surface area contributed by atoms with Gasteiger partial charge < -0.3 is 14.6 Å². The molecule has 3 aromatic rings. The van der Waals surface area contributed by atoms with E-state index in [2.05, 4.69) is 45.0 Å². The number of benzene rings is 3. The summed E-state index contributed by atoms with van der Waals surface area (Å²) in [5.74, 6) is -0.706. The summed E-state index contributed by atoms with van der Waals surface area (Å²) in [6.45, 7) is 7.36. The maximum atomic E-state index is 14.4. The van der Waals surface area contributed by atoms with Crippen LogP contribution in [0.2, 0.25) is 0 Å². The minimum atomic E-state index is -0.527. The quantitative estimate of drug-likeness (QED) is 0.0927. The van der Waals surface area contributed by atoms with Crippen molar-refractivity contribution in [2.24, 2.45) is 0 Å². The molecule has 0 aliphatic carbocycles. The molecule has 0 fully saturated rings. The molecule has 1 N–H and O–H groups in total. The van der Waals surface area contributed by atoms with E-state index in [1.165, 1.54) is 75.5 Å². The van der Waals surface area contributed by atoms with Crippen molar-refractivity contribution in [3.05, 3.63) is 83.7 Å². The van der Waals surface area contributed by atoms with Gasteiger partial charge in [-0.1, -0.05) is 121 Å². The molecule has 0 atom stereocenters. The summed E-state index contributed by atoms with van der Waals surface area (Å²) >= 11 is 0. The first kappa shape index (κ1) is 35.0. The molecule has 0 saturated carbocycles. The molecular weight excluding hydrogens is 527 g/mol. The molecule has 0 bridgehead atoms. The summed E-state index contributed by atoms with van der Waals surface area (Å²) in [4.78, 5) is 12.5. The standard InChI is InChI=1S/C31H37FO3.C6H14O/c1-3-5-6-7-8-9-10-11-22-34-30-21-20-28(23-29(30)32)35-31(33)27-18-16-26(17-19-27)25-14-12-24(4-2)13-15-25;1-2-3-4-5-6-7/h12-21,23H,3-11,22H2,1-2H3;7H,2-6H2,1H3. The number of esters is 1. The third-order valence-corrected chi connectivity index (χ3v) is 7.20. The summed E-state index contributed by atoms with van der Waals surface area (Å²) in [5, 5.41) is 8.29. The maximum Gasteiger partial charge on any atom is 0.343 e. The Labute approximate surface area is 253 Å². The van der Waals surface area contributed by atoms with Gasteiger partial charge in [-0.2, -0.15) is 0 Å². The van der Waals surface area contributed by atoms with Gasteiger partial charge >= 0.3 is 5.97 Å². The van der Waals surface area contributed by atoms with Gasteiger partial charge in [-0.3, -0.25) is 0 Å². The zero-order valence-electron chi connectivity index (χ0n) is 26.0. The van der Waals surface area contributed by atoms with Crippen LogP contribution in [0, 0.1) is 5.82 Å². The van der Waals surface area contributed by atoms with Gasteiger partial charge in [0.1, 0.15) is 5.75 Å². The molecule has 0 unspecified atom stereocenters. The fraction of sp³-hybridized carbons (Fsp3) is 0.486. The lowest BCUT2D eigenvalue weighted by Gasteiger charge is -2.10. The second-order valence-corrected chi connectivity index (χ2v) is 10.7. The average Bonchev–Trinajstić information content (AvgIpc) is 3.02. The lowest BCUT2D eigenvalue weighted by molar-refractivity contribution is 0.0734. The van der Waals surface area contributed by atoms with E-state index in [0.717, 1.165) is 36.8 Å². The zero-order chi connectivity index (χ0) is 30.4. The number of aryl methyl sites for hydroxylation is 1. The molecule has 5 heteroatoms. The molecule has 0 aromatic heterocycles. The van der Waals surface area contributed by atoms with Gasteiger partial charge in [0.05, 0.1) is 12.2 Å². The summed E-state index contributed by atoms with van der Waals surface area (Å²) in [5.41, 5.74) is 3.81. The monoisotopic (exact) mass is 578 g/mol. The van der Waals surface area contributed by atoms with Gasteiger partial charge in [0.2, 0.25) is 0 Å². The molecule has 3 rings (SSSR count). The molecule has 3 aromatic carbocycles. The van der Waals surface area contributed by atoms with Crippen molar-refractivity contribution < 1.29 is 23.8 Å². The number of carbonyl (C=O) groups is 1. The van der Waals surface area contributed by atoms with Crippen molar-refractivity contribution in [3.63, 3.8) is 0 Å². The number of ether oxygens (including phenoxy) is 2. The molecule has 42 heavy (non-hydrogen) atoms. The Morgan fingerprint density at radius 2 is 1.24 bits per heavy atom. The average molecular weight is 579 g/mol. The van der Waals surface area contributed by atoms with Crippen molar-refractivity contribution in [3.8, 4) is 22.6 Å². The Hall–Kier alpha value is -3.18. The summed E-state index contributed by atoms with van der Waals surface area (Å²) in [6.07, 6.45) is 15.3. The number of hydrogen-bond donors (Lipinski definition) is 1. The Balaban J connectivity index is 0.000000782. The van der Waals surface area contributed by atoms with Crippen LogP contribution in [0.5, 0.6) is 11.5 Å². The molecule has 230 valence electrons. The summed E-state index contributed by atoms with van der Waals surface area (Å²) < 4.78 is 25.4. The van der Waals surface area contributed by atoms with E-state index in [1.807, 2.05) is 12.1 Å². The Morgan fingerprint density at radius 1 is 0.690 bits per heavy atom.